The molecule has 0 unspecified atom stereocenters. The van der Waals surface area contributed by atoms with Crippen molar-refractivity contribution >= 4 is 34.0 Å². The molecule has 2 heterocycles. The summed E-state index contributed by atoms with van der Waals surface area (Å²) in [6, 6.07) is 15.2. The van der Waals surface area contributed by atoms with Crippen LogP contribution in [-0.2, 0) is 11.2 Å². The number of anilines is 2. The predicted octanol–water partition coefficient (Wildman–Crippen LogP) is 4.36. The third-order valence-electron chi connectivity index (χ3n) is 4.63. The molecule has 0 bridgehead atoms. The average Bonchev–Trinajstić information content (AvgIpc) is 3.34. The molecule has 0 spiro atoms. The molecule has 0 fully saturated rings. The summed E-state index contributed by atoms with van der Waals surface area (Å²) in [7, 11) is 0. The van der Waals surface area contributed by atoms with Crippen molar-refractivity contribution in [3.63, 3.8) is 0 Å². The Hall–Kier alpha value is -2.99. The number of nitrogens with one attached hydrogen (secondary N) is 1. The summed E-state index contributed by atoms with van der Waals surface area (Å²) in [6.07, 6.45) is 1.37. The van der Waals surface area contributed by atoms with Gasteiger partial charge in [-0.1, -0.05) is 31.2 Å². The van der Waals surface area contributed by atoms with Crippen LogP contribution in [0.4, 0.5) is 10.8 Å². The van der Waals surface area contributed by atoms with Gasteiger partial charge in [0.25, 0.3) is 5.91 Å². The number of aromatic nitrogens is 1. The van der Waals surface area contributed by atoms with E-state index in [4.69, 9.17) is 0 Å². The van der Waals surface area contributed by atoms with Crippen LogP contribution in [-0.4, -0.2) is 23.3 Å². The lowest BCUT2D eigenvalue weighted by molar-refractivity contribution is -0.118. The first-order valence-corrected chi connectivity index (χ1v) is 9.79. The van der Waals surface area contributed by atoms with Gasteiger partial charge in [0.05, 0.1) is 5.69 Å². The fourth-order valence-corrected chi connectivity index (χ4v) is 3.95. The first-order valence-electron chi connectivity index (χ1n) is 8.91. The Labute approximate surface area is 161 Å². The third-order valence-corrected chi connectivity index (χ3v) is 5.39. The minimum Gasteiger partial charge on any atom is -0.312 e. The van der Waals surface area contributed by atoms with E-state index in [1.807, 2.05) is 47.5 Å². The number of nitrogens with zero attached hydrogens (tertiary/aromatic N) is 2. The minimum atomic E-state index is -0.167. The number of hydrogen-bond acceptors (Lipinski definition) is 4. The van der Waals surface area contributed by atoms with Crippen LogP contribution in [0.25, 0.3) is 11.3 Å². The molecule has 1 N–H and O–H groups in total. The van der Waals surface area contributed by atoms with E-state index >= 15 is 0 Å². The molecular formula is C21H19N3O2S. The maximum Gasteiger partial charge on any atom is 0.257 e. The molecule has 2 amide bonds. The quantitative estimate of drug-likeness (QED) is 0.735. The maximum absolute atomic E-state index is 12.3. The summed E-state index contributed by atoms with van der Waals surface area (Å²) in [5, 5.41) is 5.35. The fourth-order valence-electron chi connectivity index (χ4n) is 3.23. The molecule has 0 radical (unpaired) electrons. The van der Waals surface area contributed by atoms with Gasteiger partial charge in [-0.05, 0) is 36.2 Å². The van der Waals surface area contributed by atoms with Crippen molar-refractivity contribution < 1.29 is 9.59 Å². The van der Waals surface area contributed by atoms with Crippen molar-refractivity contribution in [3.05, 3.63) is 65.0 Å². The standard InChI is InChI=1S/C21H19N3O2S/c1-2-19(25)24-11-10-16-12-15(8-9-18(16)24)17-13-27-21(22-17)23-20(26)14-6-4-3-5-7-14/h3-9,12-13H,2,10-11H2,1H3,(H,22,23,26). The summed E-state index contributed by atoms with van der Waals surface area (Å²) in [5.41, 5.74) is 4.59. The monoisotopic (exact) mass is 377 g/mol. The molecule has 0 aliphatic carbocycles. The van der Waals surface area contributed by atoms with Gasteiger partial charge in [-0.15, -0.1) is 11.3 Å². The molecule has 1 aliphatic heterocycles. The van der Waals surface area contributed by atoms with Crippen LogP contribution in [0.2, 0.25) is 0 Å². The number of amides is 2. The molecule has 2 aromatic carbocycles. The van der Waals surface area contributed by atoms with Gasteiger partial charge in [-0.3, -0.25) is 14.9 Å². The normalized spacial score (nSPS) is 12.7. The topological polar surface area (TPSA) is 62.3 Å². The Bertz CT molecular complexity index is 998. The Kier molecular flexibility index (Phi) is 4.73. The first kappa shape index (κ1) is 17.4. The van der Waals surface area contributed by atoms with Crippen LogP contribution in [0, 0.1) is 0 Å². The zero-order valence-electron chi connectivity index (χ0n) is 14.9. The predicted molar refractivity (Wildman–Crippen MR) is 108 cm³/mol. The summed E-state index contributed by atoms with van der Waals surface area (Å²) in [4.78, 5) is 30.7. The number of benzene rings is 2. The van der Waals surface area contributed by atoms with Gasteiger partial charge in [0, 0.05) is 35.2 Å². The van der Waals surface area contributed by atoms with Gasteiger partial charge < -0.3 is 4.90 Å². The molecule has 1 aromatic heterocycles. The van der Waals surface area contributed by atoms with Crippen LogP contribution < -0.4 is 10.2 Å². The molecule has 0 atom stereocenters. The van der Waals surface area contributed by atoms with Crippen LogP contribution in [0.1, 0.15) is 29.3 Å². The number of carbonyl (C=O) groups excluding carboxylic acids is 2. The number of rotatable bonds is 4. The van der Waals surface area contributed by atoms with Crippen LogP contribution in [0.15, 0.2) is 53.9 Å². The van der Waals surface area contributed by atoms with E-state index in [9.17, 15) is 9.59 Å². The van der Waals surface area contributed by atoms with E-state index in [-0.39, 0.29) is 11.8 Å². The molecule has 4 rings (SSSR count). The lowest BCUT2D eigenvalue weighted by Gasteiger charge is -2.16. The maximum atomic E-state index is 12.3. The van der Waals surface area contributed by atoms with Gasteiger partial charge in [0.2, 0.25) is 5.91 Å². The van der Waals surface area contributed by atoms with Gasteiger partial charge in [0.1, 0.15) is 0 Å². The Morgan fingerprint density at radius 2 is 2.00 bits per heavy atom. The summed E-state index contributed by atoms with van der Waals surface area (Å²) in [6.45, 7) is 2.62. The second-order valence-corrected chi connectivity index (χ2v) is 7.21. The highest BCUT2D eigenvalue weighted by molar-refractivity contribution is 7.14. The van der Waals surface area contributed by atoms with E-state index in [0.29, 0.717) is 17.1 Å². The number of fused-ring (bicyclic) bond motifs is 1. The molecular weight excluding hydrogens is 358 g/mol. The van der Waals surface area contributed by atoms with E-state index in [1.54, 1.807) is 12.1 Å². The zero-order chi connectivity index (χ0) is 18.8. The highest BCUT2D eigenvalue weighted by Crippen LogP contribution is 2.33. The van der Waals surface area contributed by atoms with E-state index < -0.39 is 0 Å². The second-order valence-electron chi connectivity index (χ2n) is 6.35. The Morgan fingerprint density at radius 1 is 1.19 bits per heavy atom. The van der Waals surface area contributed by atoms with E-state index in [2.05, 4.69) is 16.4 Å². The summed E-state index contributed by atoms with van der Waals surface area (Å²) in [5.74, 6) is -0.0137. The lowest BCUT2D eigenvalue weighted by atomic mass is 10.1. The summed E-state index contributed by atoms with van der Waals surface area (Å²) < 4.78 is 0. The Morgan fingerprint density at radius 3 is 2.78 bits per heavy atom. The second kappa shape index (κ2) is 7.32. The van der Waals surface area contributed by atoms with Crippen molar-refractivity contribution in [2.75, 3.05) is 16.8 Å². The molecule has 1 aliphatic rings. The Balaban J connectivity index is 1.52. The van der Waals surface area contributed by atoms with Gasteiger partial charge in [-0.2, -0.15) is 0 Å². The van der Waals surface area contributed by atoms with Crippen molar-refractivity contribution in [2.24, 2.45) is 0 Å². The van der Waals surface area contributed by atoms with Crippen LogP contribution in [0.5, 0.6) is 0 Å². The molecule has 0 saturated heterocycles. The molecule has 27 heavy (non-hydrogen) atoms. The number of hydrogen-bond donors (Lipinski definition) is 1. The molecule has 0 saturated carbocycles. The van der Waals surface area contributed by atoms with Gasteiger partial charge in [-0.25, -0.2) is 4.98 Å². The number of thiazole rings is 1. The molecule has 6 heteroatoms. The zero-order valence-corrected chi connectivity index (χ0v) is 15.8. The van der Waals surface area contributed by atoms with Crippen LogP contribution >= 0.6 is 11.3 Å². The molecule has 136 valence electrons. The number of carbonyl (C=O) groups is 2. The smallest absolute Gasteiger partial charge is 0.257 e. The van der Waals surface area contributed by atoms with Gasteiger partial charge in [0.15, 0.2) is 5.13 Å². The van der Waals surface area contributed by atoms with Crippen molar-refractivity contribution in [3.8, 4) is 11.3 Å². The molecule has 5 nitrogen and oxygen atoms in total. The van der Waals surface area contributed by atoms with Crippen LogP contribution in [0.3, 0.4) is 0 Å². The largest absolute Gasteiger partial charge is 0.312 e. The van der Waals surface area contributed by atoms with E-state index in [1.165, 1.54) is 11.3 Å². The summed E-state index contributed by atoms with van der Waals surface area (Å²) >= 11 is 1.40. The van der Waals surface area contributed by atoms with Crippen molar-refractivity contribution in [1.29, 1.82) is 0 Å². The molecule has 3 aromatic rings. The first-order chi connectivity index (χ1) is 13.2. The SMILES string of the molecule is CCC(=O)N1CCc2cc(-c3csc(NC(=O)c4ccccc4)n3)ccc21. The fraction of sp³-hybridized carbons (Fsp3) is 0.190. The highest BCUT2D eigenvalue weighted by atomic mass is 32.1. The van der Waals surface area contributed by atoms with Crippen molar-refractivity contribution in [1.82, 2.24) is 4.98 Å². The van der Waals surface area contributed by atoms with E-state index in [0.717, 1.165) is 35.5 Å². The average molecular weight is 377 g/mol. The van der Waals surface area contributed by atoms with Crippen molar-refractivity contribution in [2.45, 2.75) is 19.8 Å². The van der Waals surface area contributed by atoms with Gasteiger partial charge >= 0.3 is 0 Å². The highest BCUT2D eigenvalue weighted by Gasteiger charge is 2.24. The minimum absolute atomic E-state index is 0.154. The third kappa shape index (κ3) is 3.48. The lowest BCUT2D eigenvalue weighted by Crippen LogP contribution is -2.27.